The van der Waals surface area contributed by atoms with Gasteiger partial charge in [0, 0.05) is 23.2 Å². The Morgan fingerprint density at radius 3 is 2.28 bits per heavy atom. The van der Waals surface area contributed by atoms with E-state index in [-0.39, 0.29) is 0 Å². The molecule has 2 aromatic carbocycles. The molecule has 1 aliphatic heterocycles. The first-order chi connectivity index (χ1) is 15.0. The molecule has 1 heterocycles. The average Bonchev–Trinajstić information content (AvgIpc) is 2.75. The van der Waals surface area contributed by atoms with Crippen molar-refractivity contribution in [3.63, 3.8) is 0 Å². The van der Waals surface area contributed by atoms with Gasteiger partial charge in [0.05, 0.1) is 17.2 Å². The molecule has 0 saturated carbocycles. The largest absolute Gasteiger partial charge is 0.467 e. The van der Waals surface area contributed by atoms with Gasteiger partial charge in [0.1, 0.15) is 6.10 Å². The maximum Gasteiger partial charge on any atom is 0.187 e. The van der Waals surface area contributed by atoms with Gasteiger partial charge in [-0.3, -0.25) is 0 Å². The Morgan fingerprint density at radius 2 is 1.72 bits per heavy atom. The van der Waals surface area contributed by atoms with Gasteiger partial charge in [0.2, 0.25) is 0 Å². The van der Waals surface area contributed by atoms with E-state index in [4.69, 9.17) is 4.74 Å². The lowest BCUT2D eigenvalue weighted by Crippen LogP contribution is -2.30. The fourth-order valence-electron chi connectivity index (χ4n) is 3.66. The van der Waals surface area contributed by atoms with Crippen LogP contribution in [0.5, 0.6) is 0 Å². The second kappa shape index (κ2) is 8.97. The van der Waals surface area contributed by atoms with E-state index >= 15 is 0 Å². The Hall–Kier alpha value is -2.81. The Labute approximate surface area is 184 Å². The van der Waals surface area contributed by atoms with Gasteiger partial charge in [-0.2, -0.15) is 0 Å². The average molecular weight is 470 g/mol. The van der Waals surface area contributed by atoms with Crippen molar-refractivity contribution >= 4 is 15.5 Å². The molecule has 1 aliphatic rings. The van der Waals surface area contributed by atoms with Crippen LogP contribution in [0, 0.1) is 30.2 Å². The van der Waals surface area contributed by atoms with Crippen LogP contribution in [0.25, 0.3) is 0 Å². The molecule has 1 atom stereocenters. The summed E-state index contributed by atoms with van der Waals surface area (Å²) < 4.78 is 87.1. The molecule has 32 heavy (non-hydrogen) atoms. The van der Waals surface area contributed by atoms with Gasteiger partial charge in [-0.25, -0.2) is 26.0 Å². The molecule has 0 aliphatic carbocycles. The summed E-state index contributed by atoms with van der Waals surface area (Å²) >= 11 is 0. The number of ether oxygens (including phenoxy) is 1. The van der Waals surface area contributed by atoms with Crippen LogP contribution in [0.15, 0.2) is 43.3 Å². The number of hydrogen-bond acceptors (Lipinski definition) is 4. The van der Waals surface area contributed by atoms with Gasteiger partial charge < -0.3 is 9.64 Å². The zero-order valence-corrected chi connectivity index (χ0v) is 18.5. The number of sulfone groups is 1. The first-order valence-electron chi connectivity index (χ1n) is 9.91. The summed E-state index contributed by atoms with van der Waals surface area (Å²) in [7, 11) is -4.18. The normalized spacial score (nSPS) is 16.0. The Balaban J connectivity index is 1.95. The minimum absolute atomic E-state index is 0.331. The molecule has 0 aromatic heterocycles. The van der Waals surface area contributed by atoms with Crippen molar-refractivity contribution in [1.82, 2.24) is 0 Å². The lowest BCUT2D eigenvalue weighted by molar-refractivity contribution is 0.141. The minimum Gasteiger partial charge on any atom is -0.467 e. The number of halogens is 4. The van der Waals surface area contributed by atoms with Crippen molar-refractivity contribution < 1.29 is 30.7 Å². The number of anilines is 1. The fraction of sp³-hybridized carbons (Fsp3) is 0.304. The number of hydrogen-bond donors (Lipinski definition) is 0. The summed E-state index contributed by atoms with van der Waals surface area (Å²) in [5.41, 5.74) is -0.213. The molecule has 4 nitrogen and oxygen atoms in total. The molecule has 0 bridgehead atoms. The molecule has 0 radical (unpaired) electrons. The van der Waals surface area contributed by atoms with Crippen molar-refractivity contribution in [2.75, 3.05) is 11.4 Å². The van der Waals surface area contributed by atoms with Crippen LogP contribution in [-0.2, 0) is 26.1 Å². The third kappa shape index (κ3) is 4.39. The van der Waals surface area contributed by atoms with Gasteiger partial charge in [-0.05, 0) is 43.7 Å². The highest BCUT2D eigenvalue weighted by Crippen LogP contribution is 2.39. The smallest absolute Gasteiger partial charge is 0.187 e. The van der Waals surface area contributed by atoms with E-state index in [0.717, 1.165) is 19.0 Å². The zero-order valence-electron chi connectivity index (χ0n) is 17.7. The molecular formula is C23H23F4NO3S. The predicted molar refractivity (Wildman–Crippen MR) is 115 cm³/mol. The zero-order chi connectivity index (χ0) is 23.8. The van der Waals surface area contributed by atoms with Crippen LogP contribution >= 0.6 is 0 Å². The third-order valence-electron chi connectivity index (χ3n) is 5.24. The maximum atomic E-state index is 14.2. The van der Waals surface area contributed by atoms with E-state index in [2.05, 4.69) is 13.2 Å². The predicted octanol–water partition coefficient (Wildman–Crippen LogP) is 5.61. The summed E-state index contributed by atoms with van der Waals surface area (Å²) in [5.74, 6) is -7.95. The van der Waals surface area contributed by atoms with Crippen molar-refractivity contribution in [1.29, 1.82) is 0 Å². The molecule has 0 amide bonds. The van der Waals surface area contributed by atoms with Crippen LogP contribution in [0.2, 0.25) is 0 Å². The molecule has 0 fully saturated rings. The molecule has 0 spiro atoms. The standard InChI is InChI=1S/C23H23F4NO3S/c1-5-9-28-14(4)31-19(6-2)16-10-15(7-8-18(16)28)11-32(29,30)12-17-22(26)20(24)13(3)21(25)23(17)27/h6-8,10,19H,2,4-5,9,11-12H2,1,3H3. The molecule has 2 aromatic rings. The van der Waals surface area contributed by atoms with Crippen LogP contribution in [0.1, 0.15) is 41.7 Å². The Morgan fingerprint density at radius 1 is 1.09 bits per heavy atom. The third-order valence-corrected chi connectivity index (χ3v) is 6.74. The Kier molecular flexibility index (Phi) is 6.69. The Bertz CT molecular complexity index is 1170. The summed E-state index contributed by atoms with van der Waals surface area (Å²) in [4.78, 5) is 1.86. The highest BCUT2D eigenvalue weighted by Gasteiger charge is 2.29. The van der Waals surface area contributed by atoms with Crippen molar-refractivity contribution in [2.45, 2.75) is 37.9 Å². The molecule has 1 unspecified atom stereocenters. The van der Waals surface area contributed by atoms with Crippen molar-refractivity contribution in [3.8, 4) is 0 Å². The topological polar surface area (TPSA) is 46.6 Å². The minimum atomic E-state index is -4.18. The second-order valence-corrected chi connectivity index (χ2v) is 9.67. The molecule has 0 N–H and O–H groups in total. The van der Waals surface area contributed by atoms with Gasteiger partial charge in [0.25, 0.3) is 0 Å². The SMILES string of the molecule is C=CC1OC(=C)N(CCC)c2ccc(CS(=O)(=O)Cc3c(F)c(F)c(C)c(F)c3F)cc21. The van der Waals surface area contributed by atoms with E-state index in [9.17, 15) is 26.0 Å². The molecule has 0 saturated heterocycles. The lowest BCUT2D eigenvalue weighted by Gasteiger charge is -2.36. The summed E-state index contributed by atoms with van der Waals surface area (Å²) in [6.07, 6.45) is 1.81. The van der Waals surface area contributed by atoms with Gasteiger partial charge >= 0.3 is 0 Å². The number of benzene rings is 2. The summed E-state index contributed by atoms with van der Waals surface area (Å²) in [5, 5.41) is 0. The second-order valence-electron chi connectivity index (χ2n) is 7.60. The van der Waals surface area contributed by atoms with E-state index in [1.165, 1.54) is 0 Å². The van der Waals surface area contributed by atoms with Crippen LogP contribution in [0.4, 0.5) is 23.2 Å². The van der Waals surface area contributed by atoms with Crippen LogP contribution < -0.4 is 4.90 Å². The van der Waals surface area contributed by atoms with Crippen molar-refractivity contribution in [3.05, 3.63) is 88.8 Å². The molecule has 172 valence electrons. The number of rotatable bonds is 7. The van der Waals surface area contributed by atoms with Crippen LogP contribution in [0.3, 0.4) is 0 Å². The number of nitrogens with zero attached hydrogens (tertiary/aromatic N) is 1. The maximum absolute atomic E-state index is 14.2. The van der Waals surface area contributed by atoms with E-state index in [1.807, 2.05) is 11.8 Å². The highest BCUT2D eigenvalue weighted by molar-refractivity contribution is 7.89. The lowest BCUT2D eigenvalue weighted by atomic mass is 10.0. The summed E-state index contributed by atoms with van der Waals surface area (Å²) in [6, 6.07) is 4.89. The monoisotopic (exact) mass is 469 g/mol. The van der Waals surface area contributed by atoms with Gasteiger partial charge in [-0.1, -0.05) is 19.6 Å². The van der Waals surface area contributed by atoms with E-state index in [1.54, 1.807) is 24.3 Å². The molecule has 9 heteroatoms. The first-order valence-corrected chi connectivity index (χ1v) is 11.7. The highest BCUT2D eigenvalue weighted by atomic mass is 32.2. The molecule has 3 rings (SSSR count). The van der Waals surface area contributed by atoms with Crippen LogP contribution in [-0.4, -0.2) is 15.0 Å². The quantitative estimate of drug-likeness (QED) is 0.300. The number of fused-ring (bicyclic) bond motifs is 1. The van der Waals surface area contributed by atoms with E-state index in [0.29, 0.717) is 23.6 Å². The van der Waals surface area contributed by atoms with Gasteiger partial charge in [0.15, 0.2) is 39.0 Å². The van der Waals surface area contributed by atoms with E-state index < -0.39 is 61.8 Å². The summed E-state index contributed by atoms with van der Waals surface area (Å²) in [6.45, 7) is 11.1. The molecular weight excluding hydrogens is 446 g/mol. The fourth-order valence-corrected chi connectivity index (χ4v) is 5.14. The van der Waals surface area contributed by atoms with Crippen molar-refractivity contribution in [2.24, 2.45) is 0 Å². The first kappa shape index (κ1) is 23.8. The van der Waals surface area contributed by atoms with Gasteiger partial charge in [-0.15, -0.1) is 0 Å².